The third-order valence-corrected chi connectivity index (χ3v) is 1.61. The molecule has 0 aromatic rings. The van der Waals surface area contributed by atoms with Crippen molar-refractivity contribution in [3.05, 3.63) is 0 Å². The highest BCUT2D eigenvalue weighted by Crippen LogP contribution is 1.92. The molecule has 98 valence electrons. The van der Waals surface area contributed by atoms with Crippen molar-refractivity contribution in [3.63, 3.8) is 0 Å². The third kappa shape index (κ3) is 29.3. The fourth-order valence-corrected chi connectivity index (χ4v) is 0.764. The monoisotopic (exact) mass is 233 g/mol. The standard InChI is InChI=1S/C7H17N3O.C2H4O.C2H6/c1-6(9-2)4-3-5-10-7(8)11;1-2-3;1-2/h6,9H,3-5H2,1-2H3,(H3,8,10,11);2H,1H3;1-2H3/t6-;;/m1../s1. The number of primary amides is 1. The summed E-state index contributed by atoms with van der Waals surface area (Å²) in [6, 6.07) is 0.0618. The topological polar surface area (TPSA) is 84.2 Å². The minimum Gasteiger partial charge on any atom is -0.352 e. The Morgan fingerprint density at radius 3 is 2.19 bits per heavy atom. The van der Waals surface area contributed by atoms with Gasteiger partial charge in [0.05, 0.1) is 0 Å². The number of hydrogen-bond acceptors (Lipinski definition) is 3. The minimum absolute atomic E-state index is 0.442. The van der Waals surface area contributed by atoms with Crippen LogP contribution in [0, 0.1) is 0 Å². The van der Waals surface area contributed by atoms with Crippen LogP contribution in [0.25, 0.3) is 0 Å². The summed E-state index contributed by atoms with van der Waals surface area (Å²) in [5.74, 6) is 0. The van der Waals surface area contributed by atoms with E-state index in [1.165, 1.54) is 6.92 Å². The number of nitrogens with one attached hydrogen (secondary N) is 2. The van der Waals surface area contributed by atoms with E-state index in [2.05, 4.69) is 17.6 Å². The zero-order valence-corrected chi connectivity index (χ0v) is 11.2. The third-order valence-electron chi connectivity index (χ3n) is 1.61. The van der Waals surface area contributed by atoms with Gasteiger partial charge in [-0.15, -0.1) is 0 Å². The van der Waals surface area contributed by atoms with E-state index in [0.29, 0.717) is 12.6 Å². The fourth-order valence-electron chi connectivity index (χ4n) is 0.764. The van der Waals surface area contributed by atoms with Gasteiger partial charge in [0.15, 0.2) is 0 Å². The van der Waals surface area contributed by atoms with Crippen LogP contribution < -0.4 is 16.4 Å². The van der Waals surface area contributed by atoms with Gasteiger partial charge in [-0.3, -0.25) is 0 Å². The molecule has 0 saturated carbocycles. The molecule has 16 heavy (non-hydrogen) atoms. The van der Waals surface area contributed by atoms with Gasteiger partial charge in [0, 0.05) is 12.6 Å². The second-order valence-corrected chi connectivity index (χ2v) is 2.86. The number of nitrogens with two attached hydrogens (primary N) is 1. The molecule has 0 saturated heterocycles. The maximum Gasteiger partial charge on any atom is 0.312 e. The van der Waals surface area contributed by atoms with Crippen LogP contribution in [0.3, 0.4) is 0 Å². The molecule has 0 aliphatic carbocycles. The average Bonchev–Trinajstić information content (AvgIpc) is 2.27. The van der Waals surface area contributed by atoms with Crippen molar-refractivity contribution >= 4 is 12.3 Å². The maximum absolute atomic E-state index is 10.2. The molecule has 5 heteroatoms. The summed E-state index contributed by atoms with van der Waals surface area (Å²) in [6.07, 6.45) is 2.77. The van der Waals surface area contributed by atoms with Gasteiger partial charge in [0.25, 0.3) is 0 Å². The zero-order chi connectivity index (χ0) is 13.4. The minimum atomic E-state index is -0.442. The zero-order valence-electron chi connectivity index (χ0n) is 11.2. The quantitative estimate of drug-likeness (QED) is 0.494. The molecule has 1 atom stereocenters. The number of urea groups is 1. The van der Waals surface area contributed by atoms with Crippen LogP contribution in [-0.4, -0.2) is 32.0 Å². The molecule has 0 heterocycles. The lowest BCUT2D eigenvalue weighted by Crippen LogP contribution is -2.31. The first-order valence-electron chi connectivity index (χ1n) is 5.68. The second-order valence-electron chi connectivity index (χ2n) is 2.86. The van der Waals surface area contributed by atoms with E-state index in [1.54, 1.807) is 0 Å². The van der Waals surface area contributed by atoms with Crippen molar-refractivity contribution in [2.24, 2.45) is 5.73 Å². The Morgan fingerprint density at radius 2 is 1.88 bits per heavy atom. The summed E-state index contributed by atoms with van der Waals surface area (Å²) in [5.41, 5.74) is 4.88. The molecule has 0 bridgehead atoms. The van der Waals surface area contributed by atoms with Crippen molar-refractivity contribution < 1.29 is 9.59 Å². The van der Waals surface area contributed by atoms with Gasteiger partial charge in [-0.25, -0.2) is 4.79 Å². The summed E-state index contributed by atoms with van der Waals surface area (Å²) in [6.45, 7) is 8.21. The highest BCUT2D eigenvalue weighted by Gasteiger charge is 1.97. The number of aldehydes is 1. The van der Waals surface area contributed by atoms with Crippen LogP contribution in [0.5, 0.6) is 0 Å². The van der Waals surface area contributed by atoms with Crippen LogP contribution in [0.15, 0.2) is 0 Å². The first kappa shape index (κ1) is 20.3. The molecule has 0 radical (unpaired) electrons. The lowest BCUT2D eigenvalue weighted by molar-refractivity contribution is -0.106. The van der Waals surface area contributed by atoms with Gasteiger partial charge in [-0.2, -0.15) is 0 Å². The van der Waals surface area contributed by atoms with Crippen molar-refractivity contribution in [2.45, 2.75) is 46.6 Å². The molecule has 0 spiro atoms. The molecule has 0 aromatic carbocycles. The van der Waals surface area contributed by atoms with E-state index in [-0.39, 0.29) is 0 Å². The molecule has 5 nitrogen and oxygen atoms in total. The molecule has 0 aliphatic heterocycles. The molecular weight excluding hydrogens is 206 g/mol. The Labute approximate surface area is 99.2 Å². The van der Waals surface area contributed by atoms with Gasteiger partial charge >= 0.3 is 6.03 Å². The summed E-state index contributed by atoms with van der Waals surface area (Å²) in [5, 5.41) is 5.65. The summed E-state index contributed by atoms with van der Waals surface area (Å²) < 4.78 is 0. The Hall–Kier alpha value is -1.10. The summed E-state index contributed by atoms with van der Waals surface area (Å²) >= 11 is 0. The predicted octanol–water partition coefficient (Wildman–Crippen LogP) is 1.27. The number of carbonyl (C=O) groups is 2. The van der Waals surface area contributed by atoms with E-state index < -0.39 is 6.03 Å². The molecule has 0 fully saturated rings. The first-order valence-corrected chi connectivity index (χ1v) is 5.68. The Bertz CT molecular complexity index is 152. The largest absolute Gasteiger partial charge is 0.352 e. The molecule has 0 rings (SSSR count). The van der Waals surface area contributed by atoms with Crippen LogP contribution in [-0.2, 0) is 4.79 Å². The Morgan fingerprint density at radius 1 is 1.44 bits per heavy atom. The van der Waals surface area contributed by atoms with Gasteiger partial charge in [-0.1, -0.05) is 13.8 Å². The molecular formula is C11H27N3O2. The number of rotatable bonds is 5. The molecule has 0 unspecified atom stereocenters. The summed E-state index contributed by atoms with van der Waals surface area (Å²) in [4.78, 5) is 19.0. The Balaban J connectivity index is -0.000000289. The fraction of sp³-hybridized carbons (Fsp3) is 0.818. The smallest absolute Gasteiger partial charge is 0.312 e. The average molecular weight is 233 g/mol. The number of hydrogen-bond donors (Lipinski definition) is 3. The van der Waals surface area contributed by atoms with E-state index in [4.69, 9.17) is 10.5 Å². The highest BCUT2D eigenvalue weighted by molar-refractivity contribution is 5.71. The van der Waals surface area contributed by atoms with Gasteiger partial charge < -0.3 is 21.2 Å². The molecule has 0 aliphatic rings. The predicted molar refractivity (Wildman–Crippen MR) is 68.4 cm³/mol. The molecule has 0 aromatic heterocycles. The van der Waals surface area contributed by atoms with Gasteiger partial charge in [0.1, 0.15) is 6.29 Å². The highest BCUT2D eigenvalue weighted by atomic mass is 16.2. The van der Waals surface area contributed by atoms with Crippen LogP contribution in [0.1, 0.15) is 40.5 Å². The van der Waals surface area contributed by atoms with Crippen molar-refractivity contribution in [3.8, 4) is 0 Å². The van der Waals surface area contributed by atoms with Crippen molar-refractivity contribution in [1.82, 2.24) is 10.6 Å². The lowest BCUT2D eigenvalue weighted by atomic mass is 10.2. The Kier molecular flexibility index (Phi) is 24.7. The van der Waals surface area contributed by atoms with Crippen LogP contribution >= 0.6 is 0 Å². The molecule has 2 amide bonds. The van der Waals surface area contributed by atoms with Gasteiger partial charge in [0.2, 0.25) is 0 Å². The molecule has 4 N–H and O–H groups in total. The normalized spacial score (nSPS) is 9.81. The summed E-state index contributed by atoms with van der Waals surface area (Å²) in [7, 11) is 1.92. The van der Waals surface area contributed by atoms with E-state index in [0.717, 1.165) is 19.1 Å². The van der Waals surface area contributed by atoms with E-state index in [1.807, 2.05) is 20.9 Å². The number of carbonyl (C=O) groups excluding carboxylic acids is 2. The number of amides is 2. The first-order chi connectivity index (χ1) is 7.58. The van der Waals surface area contributed by atoms with Crippen molar-refractivity contribution in [1.29, 1.82) is 0 Å². The van der Waals surface area contributed by atoms with Crippen molar-refractivity contribution in [2.75, 3.05) is 13.6 Å². The van der Waals surface area contributed by atoms with Gasteiger partial charge in [-0.05, 0) is 33.7 Å². The lowest BCUT2D eigenvalue weighted by Gasteiger charge is -2.08. The van der Waals surface area contributed by atoms with E-state index in [9.17, 15) is 4.79 Å². The van der Waals surface area contributed by atoms with Crippen LogP contribution in [0.4, 0.5) is 4.79 Å². The SMILES string of the molecule is CC.CC=O.CN[C@H](C)CCCNC(N)=O. The van der Waals surface area contributed by atoms with Crippen LogP contribution in [0.2, 0.25) is 0 Å². The second kappa shape index (κ2) is 19.5. The van der Waals surface area contributed by atoms with E-state index >= 15 is 0 Å². The maximum atomic E-state index is 10.2.